The standard InChI is InChI=1S/C50H73NO6/c1-44(2)35(41(52)56-31-32-12-10-9-11-13-32)30-36(44)42(53)57-39-18-19-47(6)37(45(39,3)4)17-20-49(8)38(47)15-14-34-40-33(46(5)22-23-46)16-21-50(40,25-24-48(34,49)7)43(54)51-26-28-55-29-27-51/h9-13,33-40H,14-31H2,1-8H3/t33-,34-,35+,36-,37+,38-,39+,40-,47+,48-,49-,50+/m1/s1. The summed E-state index contributed by atoms with van der Waals surface area (Å²) in [5.41, 5.74) is 1.14. The predicted molar refractivity (Wildman–Crippen MR) is 220 cm³/mol. The van der Waals surface area contributed by atoms with Crippen molar-refractivity contribution in [2.45, 2.75) is 152 Å². The molecule has 8 fully saturated rings. The van der Waals surface area contributed by atoms with Gasteiger partial charge in [0.2, 0.25) is 5.91 Å². The number of morpholine rings is 1. The molecule has 0 bridgehead atoms. The van der Waals surface area contributed by atoms with Crippen LogP contribution >= 0.6 is 0 Å². The van der Waals surface area contributed by atoms with Crippen LogP contribution in [0.2, 0.25) is 0 Å². The van der Waals surface area contributed by atoms with Crippen LogP contribution in [0.1, 0.15) is 144 Å². The molecule has 7 aliphatic carbocycles. The fourth-order valence-electron chi connectivity index (χ4n) is 16.4. The van der Waals surface area contributed by atoms with Gasteiger partial charge in [0.1, 0.15) is 12.7 Å². The number of hydrogen-bond acceptors (Lipinski definition) is 6. The van der Waals surface area contributed by atoms with E-state index in [1.807, 2.05) is 44.2 Å². The summed E-state index contributed by atoms with van der Waals surface area (Å²) < 4.78 is 18.0. The molecular weight excluding hydrogens is 711 g/mol. The number of fused-ring (bicyclic) bond motifs is 7. The first kappa shape index (κ1) is 40.0. The molecule has 1 saturated heterocycles. The van der Waals surface area contributed by atoms with Crippen molar-refractivity contribution < 1.29 is 28.6 Å². The van der Waals surface area contributed by atoms with Gasteiger partial charge in [0.25, 0.3) is 0 Å². The van der Waals surface area contributed by atoms with Gasteiger partial charge < -0.3 is 19.1 Å². The predicted octanol–water partition coefficient (Wildman–Crippen LogP) is 10.0. The van der Waals surface area contributed by atoms with Crippen LogP contribution in [0.5, 0.6) is 0 Å². The number of esters is 2. The van der Waals surface area contributed by atoms with Gasteiger partial charge in [0, 0.05) is 18.5 Å². The average molecular weight is 784 g/mol. The normalized spacial score (nSPS) is 44.9. The third-order valence-electron chi connectivity index (χ3n) is 20.4. The van der Waals surface area contributed by atoms with Crippen molar-refractivity contribution in [3.05, 3.63) is 35.9 Å². The lowest BCUT2D eigenvalue weighted by Gasteiger charge is -2.73. The Kier molecular flexibility index (Phi) is 9.51. The van der Waals surface area contributed by atoms with Crippen molar-refractivity contribution in [2.24, 2.45) is 79.3 Å². The van der Waals surface area contributed by atoms with Crippen LogP contribution in [0.25, 0.3) is 0 Å². The summed E-state index contributed by atoms with van der Waals surface area (Å²) in [5.74, 6) is 2.38. The largest absolute Gasteiger partial charge is 0.462 e. The maximum Gasteiger partial charge on any atom is 0.309 e. The van der Waals surface area contributed by atoms with E-state index >= 15 is 0 Å². The van der Waals surface area contributed by atoms with Gasteiger partial charge in [-0.25, -0.2) is 0 Å². The highest BCUT2D eigenvalue weighted by atomic mass is 16.5. The van der Waals surface area contributed by atoms with E-state index in [-0.39, 0.29) is 63.6 Å². The van der Waals surface area contributed by atoms with Crippen LogP contribution in [-0.2, 0) is 35.2 Å². The zero-order chi connectivity index (χ0) is 40.4. The van der Waals surface area contributed by atoms with Gasteiger partial charge in [-0.3, -0.25) is 14.4 Å². The molecule has 8 aliphatic rings. The maximum absolute atomic E-state index is 14.8. The van der Waals surface area contributed by atoms with Crippen molar-refractivity contribution in [3.63, 3.8) is 0 Å². The van der Waals surface area contributed by atoms with E-state index in [2.05, 4.69) is 46.4 Å². The number of benzene rings is 1. The lowest BCUT2D eigenvalue weighted by atomic mass is 9.32. The van der Waals surface area contributed by atoms with Crippen LogP contribution < -0.4 is 0 Å². The molecule has 1 aromatic rings. The zero-order valence-electron chi connectivity index (χ0n) is 36.6. The molecule has 9 rings (SSSR count). The first-order valence-electron chi connectivity index (χ1n) is 23.2. The first-order valence-corrected chi connectivity index (χ1v) is 23.2. The van der Waals surface area contributed by atoms with E-state index < -0.39 is 5.41 Å². The van der Waals surface area contributed by atoms with Crippen molar-refractivity contribution in [1.29, 1.82) is 0 Å². The average Bonchev–Trinajstić information content (AvgIpc) is 3.80. The van der Waals surface area contributed by atoms with E-state index in [1.165, 1.54) is 51.4 Å². The van der Waals surface area contributed by atoms with E-state index in [1.54, 1.807) is 0 Å². The summed E-state index contributed by atoms with van der Waals surface area (Å²) in [4.78, 5) is 44.2. The molecule has 314 valence electrons. The summed E-state index contributed by atoms with van der Waals surface area (Å²) in [7, 11) is 0. The minimum atomic E-state index is -0.501. The number of rotatable bonds is 7. The van der Waals surface area contributed by atoms with Gasteiger partial charge in [-0.1, -0.05) is 85.7 Å². The molecule has 0 spiro atoms. The van der Waals surface area contributed by atoms with E-state index in [4.69, 9.17) is 14.2 Å². The van der Waals surface area contributed by atoms with Gasteiger partial charge in [-0.15, -0.1) is 0 Å². The van der Waals surface area contributed by atoms with Gasteiger partial charge in [-0.2, -0.15) is 0 Å². The summed E-state index contributed by atoms with van der Waals surface area (Å²) in [6.45, 7) is 22.6. The highest BCUT2D eigenvalue weighted by Gasteiger charge is 2.74. The van der Waals surface area contributed by atoms with Crippen molar-refractivity contribution in [2.75, 3.05) is 26.3 Å². The fraction of sp³-hybridized carbons (Fsp3) is 0.820. The Balaban J connectivity index is 0.907. The molecule has 12 atom stereocenters. The first-order chi connectivity index (χ1) is 26.9. The Labute approximate surface area is 343 Å². The molecule has 0 aromatic heterocycles. The third-order valence-corrected chi connectivity index (χ3v) is 20.4. The minimum Gasteiger partial charge on any atom is -0.462 e. The van der Waals surface area contributed by atoms with Crippen molar-refractivity contribution >= 4 is 17.8 Å². The Bertz CT molecular complexity index is 1750. The second-order valence-corrected chi connectivity index (χ2v) is 23.1. The van der Waals surface area contributed by atoms with Gasteiger partial charge >= 0.3 is 11.9 Å². The lowest BCUT2D eigenvalue weighted by Crippen LogP contribution is -2.68. The quantitative estimate of drug-likeness (QED) is 0.256. The Morgan fingerprint density at radius 1 is 0.684 bits per heavy atom. The third kappa shape index (κ3) is 5.82. The molecule has 7 heteroatoms. The summed E-state index contributed by atoms with van der Waals surface area (Å²) in [6, 6.07) is 9.78. The van der Waals surface area contributed by atoms with E-state index in [0.717, 1.165) is 44.3 Å². The monoisotopic (exact) mass is 784 g/mol. The van der Waals surface area contributed by atoms with Crippen LogP contribution in [0.15, 0.2) is 30.3 Å². The summed E-state index contributed by atoms with van der Waals surface area (Å²) in [5, 5.41) is 0. The van der Waals surface area contributed by atoms with Crippen molar-refractivity contribution in [1.82, 2.24) is 4.90 Å². The summed E-state index contributed by atoms with van der Waals surface area (Å²) >= 11 is 0. The molecule has 0 N–H and O–H groups in total. The highest BCUT2D eigenvalue weighted by molar-refractivity contribution is 5.84. The maximum atomic E-state index is 14.8. The lowest BCUT2D eigenvalue weighted by molar-refractivity contribution is -0.253. The zero-order valence-corrected chi connectivity index (χ0v) is 36.6. The van der Waals surface area contributed by atoms with Crippen molar-refractivity contribution in [3.8, 4) is 0 Å². The molecule has 0 unspecified atom stereocenters. The smallest absolute Gasteiger partial charge is 0.309 e. The fourth-order valence-corrected chi connectivity index (χ4v) is 16.4. The Morgan fingerprint density at radius 2 is 1.39 bits per heavy atom. The van der Waals surface area contributed by atoms with E-state index in [9.17, 15) is 14.4 Å². The topological polar surface area (TPSA) is 82.1 Å². The molecule has 1 heterocycles. The number of amides is 1. The SMILES string of the molecule is CC1([C@@H]2CC[C@]3(C(=O)N4CCOCC4)CC[C@]4(C)[C@H](CC[C@@H]5[C@@]6(C)CC[C@H](OC(=O)[C@H]7C[C@@H](C(=O)OCc8ccccc8)C7(C)C)C(C)(C)[C@@H]6CC[C@]54C)[C@@H]23)CC1. The van der Waals surface area contributed by atoms with Gasteiger partial charge in [-0.05, 0) is 146 Å². The Morgan fingerprint density at radius 3 is 2.07 bits per heavy atom. The molecule has 1 aliphatic heterocycles. The number of nitrogens with zero attached hydrogens (tertiary/aromatic N) is 1. The van der Waals surface area contributed by atoms with Crippen LogP contribution in [-0.4, -0.2) is 55.2 Å². The summed E-state index contributed by atoms with van der Waals surface area (Å²) in [6.07, 6.45) is 14.5. The second-order valence-electron chi connectivity index (χ2n) is 23.1. The van der Waals surface area contributed by atoms with Gasteiger partial charge in [0.15, 0.2) is 0 Å². The number of carbonyl (C=O) groups is 3. The minimum absolute atomic E-state index is 0.126. The molecule has 7 nitrogen and oxygen atoms in total. The van der Waals surface area contributed by atoms with Crippen LogP contribution in [0.4, 0.5) is 0 Å². The number of hydrogen-bond donors (Lipinski definition) is 0. The molecular formula is C50H73NO6. The van der Waals surface area contributed by atoms with Crippen LogP contribution in [0.3, 0.4) is 0 Å². The molecule has 57 heavy (non-hydrogen) atoms. The van der Waals surface area contributed by atoms with E-state index in [0.29, 0.717) is 60.5 Å². The molecule has 7 saturated carbocycles. The van der Waals surface area contributed by atoms with Gasteiger partial charge in [0.05, 0.1) is 30.5 Å². The molecule has 1 aromatic carbocycles. The molecule has 1 amide bonds. The van der Waals surface area contributed by atoms with Crippen LogP contribution in [0, 0.1) is 79.3 Å². The number of ether oxygens (including phenoxy) is 3. The number of carbonyl (C=O) groups excluding carboxylic acids is 3. The Hall–Kier alpha value is -2.41. The second kappa shape index (κ2) is 13.5. The highest BCUT2D eigenvalue weighted by Crippen LogP contribution is 2.79. The molecule has 0 radical (unpaired) electrons.